The Kier molecular flexibility index (Phi) is 4.37. The number of aryl methyl sites for hydroxylation is 2. The van der Waals surface area contributed by atoms with E-state index in [1.807, 2.05) is 31.2 Å². The van der Waals surface area contributed by atoms with Crippen molar-refractivity contribution in [1.82, 2.24) is 24.6 Å². The van der Waals surface area contributed by atoms with Gasteiger partial charge in [-0.3, -0.25) is 14.6 Å². The van der Waals surface area contributed by atoms with Gasteiger partial charge in [0, 0.05) is 26.2 Å². The highest BCUT2D eigenvalue weighted by Crippen LogP contribution is 2.19. The molecule has 1 fully saturated rings. The molecule has 3 aromatic rings. The summed E-state index contributed by atoms with van der Waals surface area (Å²) in [6.45, 7) is 5.70. The molecule has 2 aromatic heterocycles. The van der Waals surface area contributed by atoms with E-state index < -0.39 is 0 Å². The molecule has 0 bridgehead atoms. The lowest BCUT2D eigenvalue weighted by molar-refractivity contribution is -0.0346. The second kappa shape index (κ2) is 6.81. The Labute approximate surface area is 144 Å². The Morgan fingerprint density at radius 2 is 2.20 bits per heavy atom. The highest BCUT2D eigenvalue weighted by atomic mass is 16.5. The highest BCUT2D eigenvalue weighted by molar-refractivity contribution is 5.72. The van der Waals surface area contributed by atoms with Crippen LogP contribution in [0.15, 0.2) is 33.5 Å². The number of nitrogens with one attached hydrogen (secondary N) is 1. The molecule has 1 aromatic carbocycles. The topological polar surface area (TPSA) is 89.2 Å². The molecule has 132 valence electrons. The lowest BCUT2D eigenvalue weighted by atomic mass is 10.2. The Hall–Kier alpha value is -2.45. The maximum absolute atomic E-state index is 12.0. The molecule has 1 aliphatic rings. The van der Waals surface area contributed by atoms with Gasteiger partial charge in [0.15, 0.2) is 11.4 Å². The van der Waals surface area contributed by atoms with Gasteiger partial charge in [-0.15, -0.1) is 0 Å². The first-order valence-electron chi connectivity index (χ1n) is 8.52. The average Bonchev–Trinajstić information content (AvgIpc) is 3.19. The number of H-pyrrole nitrogens is 1. The molecule has 25 heavy (non-hydrogen) atoms. The number of oxazole rings is 1. The molecular weight excluding hydrogens is 322 g/mol. The number of hydrogen-bond donors (Lipinski definition) is 1. The molecule has 3 heterocycles. The third-order valence-corrected chi connectivity index (χ3v) is 4.48. The summed E-state index contributed by atoms with van der Waals surface area (Å²) in [5, 5.41) is 7.05. The Balaban J connectivity index is 1.36. The van der Waals surface area contributed by atoms with E-state index in [1.54, 1.807) is 4.57 Å². The Morgan fingerprint density at radius 1 is 1.32 bits per heavy atom. The lowest BCUT2D eigenvalue weighted by Crippen LogP contribution is -2.39. The van der Waals surface area contributed by atoms with Crippen LogP contribution < -0.4 is 5.76 Å². The lowest BCUT2D eigenvalue weighted by Gasteiger charge is -2.31. The fourth-order valence-electron chi connectivity index (χ4n) is 3.24. The summed E-state index contributed by atoms with van der Waals surface area (Å²) in [6.07, 6.45) is 0.764. The van der Waals surface area contributed by atoms with Crippen LogP contribution in [0.2, 0.25) is 0 Å². The highest BCUT2D eigenvalue weighted by Gasteiger charge is 2.24. The third kappa shape index (κ3) is 3.35. The number of hydrogen-bond acceptors (Lipinski definition) is 6. The monoisotopic (exact) mass is 343 g/mol. The number of para-hydroxylation sites is 2. The first kappa shape index (κ1) is 16.0. The number of fused-ring (bicyclic) bond motifs is 1. The number of aromatic nitrogens is 4. The van der Waals surface area contributed by atoms with Crippen LogP contribution in [0.5, 0.6) is 0 Å². The zero-order chi connectivity index (χ0) is 17.2. The van der Waals surface area contributed by atoms with Gasteiger partial charge in [-0.05, 0) is 25.5 Å². The first-order valence-corrected chi connectivity index (χ1v) is 8.52. The predicted molar refractivity (Wildman–Crippen MR) is 91.3 cm³/mol. The predicted octanol–water partition coefficient (Wildman–Crippen LogP) is 1.48. The van der Waals surface area contributed by atoms with Crippen LogP contribution in [0, 0.1) is 6.92 Å². The SMILES string of the molecule is Cc1nc(C2CN(CCCn3c(=O)oc4ccccc43)CCO2)n[nH]1. The van der Waals surface area contributed by atoms with Crippen molar-refractivity contribution in [2.24, 2.45) is 0 Å². The van der Waals surface area contributed by atoms with Crippen LogP contribution >= 0.6 is 0 Å². The van der Waals surface area contributed by atoms with Gasteiger partial charge >= 0.3 is 5.76 Å². The third-order valence-electron chi connectivity index (χ3n) is 4.48. The van der Waals surface area contributed by atoms with Crippen LogP contribution in [0.1, 0.15) is 24.2 Å². The Morgan fingerprint density at radius 3 is 3.04 bits per heavy atom. The molecule has 0 saturated carbocycles. The van der Waals surface area contributed by atoms with E-state index in [4.69, 9.17) is 9.15 Å². The summed E-state index contributed by atoms with van der Waals surface area (Å²) in [6, 6.07) is 7.52. The standard InChI is InChI=1S/C17H21N5O3/c1-12-18-16(20-19-12)15-11-21(9-10-24-15)7-4-8-22-13-5-2-3-6-14(13)25-17(22)23/h2-3,5-6,15H,4,7-11H2,1H3,(H,18,19,20). The van der Waals surface area contributed by atoms with E-state index in [0.717, 1.165) is 37.4 Å². The zero-order valence-corrected chi connectivity index (χ0v) is 14.1. The molecule has 8 nitrogen and oxygen atoms in total. The van der Waals surface area contributed by atoms with Crippen molar-refractivity contribution in [3.8, 4) is 0 Å². The summed E-state index contributed by atoms with van der Waals surface area (Å²) in [5.74, 6) is 1.21. The van der Waals surface area contributed by atoms with Crippen LogP contribution in [0.4, 0.5) is 0 Å². The maximum Gasteiger partial charge on any atom is 0.419 e. The molecule has 4 rings (SSSR count). The van der Waals surface area contributed by atoms with Gasteiger partial charge in [-0.1, -0.05) is 12.1 Å². The van der Waals surface area contributed by atoms with Crippen LogP contribution in [0.3, 0.4) is 0 Å². The minimum atomic E-state index is -0.294. The molecule has 0 amide bonds. The molecule has 0 spiro atoms. The number of benzene rings is 1. The van der Waals surface area contributed by atoms with Gasteiger partial charge in [0.1, 0.15) is 11.9 Å². The molecular formula is C17H21N5O3. The molecule has 0 aliphatic carbocycles. The van der Waals surface area contributed by atoms with E-state index in [1.165, 1.54) is 0 Å². The van der Waals surface area contributed by atoms with Gasteiger partial charge in [0.25, 0.3) is 0 Å². The van der Waals surface area contributed by atoms with Crippen LogP contribution in [-0.2, 0) is 11.3 Å². The van der Waals surface area contributed by atoms with E-state index in [0.29, 0.717) is 24.6 Å². The van der Waals surface area contributed by atoms with Gasteiger partial charge in [-0.2, -0.15) is 5.10 Å². The normalized spacial score (nSPS) is 18.8. The number of ether oxygens (including phenoxy) is 1. The van der Waals surface area contributed by atoms with Crippen molar-refractivity contribution < 1.29 is 9.15 Å². The molecule has 1 N–H and O–H groups in total. The van der Waals surface area contributed by atoms with Crippen molar-refractivity contribution in [3.05, 3.63) is 46.5 Å². The largest absolute Gasteiger partial charge is 0.419 e. The number of nitrogens with zero attached hydrogens (tertiary/aromatic N) is 4. The van der Waals surface area contributed by atoms with Crippen LogP contribution in [0.25, 0.3) is 11.1 Å². The molecule has 1 aliphatic heterocycles. The second-order valence-corrected chi connectivity index (χ2v) is 6.28. The minimum Gasteiger partial charge on any atom is -0.408 e. The van der Waals surface area contributed by atoms with Gasteiger partial charge in [0.2, 0.25) is 0 Å². The van der Waals surface area contributed by atoms with E-state index in [2.05, 4.69) is 20.1 Å². The first-order chi connectivity index (χ1) is 12.2. The zero-order valence-electron chi connectivity index (χ0n) is 14.1. The smallest absolute Gasteiger partial charge is 0.408 e. The van der Waals surface area contributed by atoms with E-state index in [9.17, 15) is 4.79 Å². The van der Waals surface area contributed by atoms with Crippen molar-refractivity contribution in [3.63, 3.8) is 0 Å². The van der Waals surface area contributed by atoms with Gasteiger partial charge in [-0.25, -0.2) is 9.78 Å². The summed E-state index contributed by atoms with van der Waals surface area (Å²) < 4.78 is 12.8. The quantitative estimate of drug-likeness (QED) is 0.755. The van der Waals surface area contributed by atoms with Crippen LogP contribution in [-0.4, -0.2) is 50.9 Å². The molecule has 1 saturated heterocycles. The fourth-order valence-corrected chi connectivity index (χ4v) is 3.24. The number of rotatable bonds is 5. The summed E-state index contributed by atoms with van der Waals surface area (Å²) in [7, 11) is 0. The molecule has 8 heteroatoms. The summed E-state index contributed by atoms with van der Waals surface area (Å²) in [5.41, 5.74) is 1.49. The number of morpholine rings is 1. The minimum absolute atomic E-state index is 0.101. The molecule has 1 atom stereocenters. The van der Waals surface area contributed by atoms with Gasteiger partial charge in [0.05, 0.1) is 12.1 Å². The van der Waals surface area contributed by atoms with E-state index >= 15 is 0 Å². The number of aromatic amines is 1. The summed E-state index contributed by atoms with van der Waals surface area (Å²) >= 11 is 0. The van der Waals surface area contributed by atoms with Crippen molar-refractivity contribution in [2.75, 3.05) is 26.2 Å². The van der Waals surface area contributed by atoms with E-state index in [-0.39, 0.29) is 11.9 Å². The summed E-state index contributed by atoms with van der Waals surface area (Å²) in [4.78, 5) is 18.7. The Bertz CT molecular complexity index is 912. The molecule has 1 unspecified atom stereocenters. The van der Waals surface area contributed by atoms with Crippen molar-refractivity contribution in [1.29, 1.82) is 0 Å². The molecule has 0 radical (unpaired) electrons. The maximum atomic E-state index is 12.0. The van der Waals surface area contributed by atoms with Gasteiger partial charge < -0.3 is 9.15 Å². The second-order valence-electron chi connectivity index (χ2n) is 6.28. The fraction of sp³-hybridized carbons (Fsp3) is 0.471. The van der Waals surface area contributed by atoms with Crippen molar-refractivity contribution >= 4 is 11.1 Å². The average molecular weight is 343 g/mol. The van der Waals surface area contributed by atoms with Crippen molar-refractivity contribution in [2.45, 2.75) is 26.0 Å².